The van der Waals surface area contributed by atoms with Gasteiger partial charge in [-0.2, -0.15) is 0 Å². The number of hydrogen-bond acceptors (Lipinski definition) is 5. The summed E-state index contributed by atoms with van der Waals surface area (Å²) in [5.74, 6) is 1.29. The van der Waals surface area contributed by atoms with Crippen molar-refractivity contribution in [1.82, 2.24) is 0 Å². The van der Waals surface area contributed by atoms with Crippen molar-refractivity contribution in [2.24, 2.45) is 0 Å². The van der Waals surface area contributed by atoms with Crippen LogP contribution in [0.15, 0.2) is 11.5 Å². The van der Waals surface area contributed by atoms with E-state index in [2.05, 4.69) is 0 Å². The standard InChI is InChI=1S/C10H21O5P/c1-6-11-16(12-7-2,13-8-3)14-9(4)10(5)15-16/h6-8H2,1-5H3. The first-order valence-electron chi connectivity index (χ1n) is 5.56. The van der Waals surface area contributed by atoms with Gasteiger partial charge in [-0.05, 0) is 0 Å². The molecule has 1 aliphatic heterocycles. The van der Waals surface area contributed by atoms with Crippen molar-refractivity contribution in [3.05, 3.63) is 11.5 Å². The molecule has 0 atom stereocenters. The van der Waals surface area contributed by atoms with Crippen molar-refractivity contribution in [2.45, 2.75) is 34.6 Å². The van der Waals surface area contributed by atoms with Crippen molar-refractivity contribution >= 4 is 7.74 Å². The van der Waals surface area contributed by atoms with Gasteiger partial charge in [-0.1, -0.05) is 0 Å². The van der Waals surface area contributed by atoms with Crippen LogP contribution in [0.1, 0.15) is 34.6 Å². The fraction of sp³-hybridized carbons (Fsp3) is 0.800. The van der Waals surface area contributed by atoms with Gasteiger partial charge in [-0.15, -0.1) is 0 Å². The zero-order valence-electron chi connectivity index (χ0n) is 10.6. The van der Waals surface area contributed by atoms with Crippen LogP contribution in [0.3, 0.4) is 0 Å². The minimum atomic E-state index is -3.86. The van der Waals surface area contributed by atoms with Gasteiger partial charge in [0.1, 0.15) is 0 Å². The molecule has 0 saturated heterocycles. The molecule has 0 spiro atoms. The molecule has 1 rings (SSSR count). The average Bonchev–Trinajstić information content (AvgIpc) is 2.41. The first kappa shape index (κ1) is 13.7. The number of rotatable bonds is 6. The summed E-state index contributed by atoms with van der Waals surface area (Å²) in [6, 6.07) is 0. The van der Waals surface area contributed by atoms with Gasteiger partial charge in [-0.3, -0.25) is 0 Å². The maximum atomic E-state index is 5.69. The van der Waals surface area contributed by atoms with Gasteiger partial charge in [0.25, 0.3) is 0 Å². The van der Waals surface area contributed by atoms with Crippen molar-refractivity contribution in [3.8, 4) is 0 Å². The molecule has 96 valence electrons. The Morgan fingerprint density at radius 1 is 0.812 bits per heavy atom. The SMILES string of the molecule is CCOP1(OCC)(OCC)OC(C)=C(C)O1. The molecule has 0 radical (unpaired) electrons. The number of allylic oxidation sites excluding steroid dienone is 2. The second kappa shape index (κ2) is 4.88. The van der Waals surface area contributed by atoms with Gasteiger partial charge in [0.15, 0.2) is 0 Å². The van der Waals surface area contributed by atoms with Gasteiger partial charge in [0.2, 0.25) is 0 Å². The molecule has 5 nitrogen and oxygen atoms in total. The van der Waals surface area contributed by atoms with Crippen molar-refractivity contribution < 1.29 is 22.6 Å². The Hall–Kier alpha value is -0.350. The van der Waals surface area contributed by atoms with Crippen molar-refractivity contribution in [3.63, 3.8) is 0 Å². The Morgan fingerprint density at radius 2 is 1.12 bits per heavy atom. The van der Waals surface area contributed by atoms with E-state index < -0.39 is 7.74 Å². The second-order valence-corrected chi connectivity index (χ2v) is 5.92. The molecule has 0 unspecified atom stereocenters. The maximum absolute atomic E-state index is 5.69. The molecular formula is C10H21O5P. The summed E-state index contributed by atoms with van der Waals surface area (Å²) in [5.41, 5.74) is 0. The van der Waals surface area contributed by atoms with Crippen LogP contribution in [0.2, 0.25) is 0 Å². The third kappa shape index (κ3) is 2.33. The Morgan fingerprint density at radius 3 is 1.38 bits per heavy atom. The van der Waals surface area contributed by atoms with E-state index in [-0.39, 0.29) is 0 Å². The monoisotopic (exact) mass is 252 g/mol. The summed E-state index contributed by atoms with van der Waals surface area (Å²) in [6.07, 6.45) is 0. The van der Waals surface area contributed by atoms with Crippen LogP contribution < -0.4 is 0 Å². The van der Waals surface area contributed by atoms with E-state index >= 15 is 0 Å². The van der Waals surface area contributed by atoms with Gasteiger partial charge in [0.05, 0.1) is 0 Å². The molecule has 0 bridgehead atoms. The summed E-state index contributed by atoms with van der Waals surface area (Å²) in [6.45, 7) is 10.4. The quantitative estimate of drug-likeness (QED) is 0.677. The average molecular weight is 252 g/mol. The van der Waals surface area contributed by atoms with Crippen LogP contribution in [-0.4, -0.2) is 19.8 Å². The second-order valence-electron chi connectivity index (χ2n) is 3.29. The fourth-order valence-electron chi connectivity index (χ4n) is 1.50. The summed E-state index contributed by atoms with van der Waals surface area (Å²) < 4.78 is 28.2. The van der Waals surface area contributed by atoms with Crippen LogP contribution >= 0.6 is 7.74 Å². The Balaban J connectivity index is 3.01. The summed E-state index contributed by atoms with van der Waals surface area (Å²) in [4.78, 5) is 0. The third-order valence-corrected chi connectivity index (χ3v) is 5.27. The summed E-state index contributed by atoms with van der Waals surface area (Å²) >= 11 is 0. The van der Waals surface area contributed by atoms with E-state index in [1.807, 2.05) is 20.8 Å². The topological polar surface area (TPSA) is 46.2 Å². The molecule has 1 aliphatic rings. The first-order valence-corrected chi connectivity index (χ1v) is 7.38. The molecule has 0 aliphatic carbocycles. The Kier molecular flexibility index (Phi) is 4.18. The molecule has 0 aromatic heterocycles. The predicted octanol–water partition coefficient (Wildman–Crippen LogP) is 3.52. The van der Waals surface area contributed by atoms with E-state index in [1.165, 1.54) is 0 Å². The third-order valence-electron chi connectivity index (χ3n) is 2.09. The zero-order chi connectivity index (χ0) is 12.3. The summed E-state index contributed by atoms with van der Waals surface area (Å²) in [5, 5.41) is 0. The van der Waals surface area contributed by atoms with Gasteiger partial charge in [0, 0.05) is 0 Å². The van der Waals surface area contributed by atoms with Gasteiger partial charge in [-0.25, -0.2) is 0 Å². The minimum absolute atomic E-state index is 0.401. The van der Waals surface area contributed by atoms with E-state index in [9.17, 15) is 0 Å². The van der Waals surface area contributed by atoms with E-state index in [0.29, 0.717) is 31.3 Å². The Bertz CT molecular complexity index is 251. The first-order chi connectivity index (χ1) is 7.51. The molecule has 6 heteroatoms. The van der Waals surface area contributed by atoms with Crippen LogP contribution in [0.25, 0.3) is 0 Å². The molecule has 0 saturated carbocycles. The van der Waals surface area contributed by atoms with E-state index in [4.69, 9.17) is 22.6 Å². The van der Waals surface area contributed by atoms with Crippen LogP contribution in [0, 0.1) is 0 Å². The van der Waals surface area contributed by atoms with Crippen LogP contribution in [-0.2, 0) is 22.6 Å². The molecule has 0 fully saturated rings. The normalized spacial score (nSPS) is 24.4. The predicted molar refractivity (Wildman–Crippen MR) is 62.3 cm³/mol. The molecule has 16 heavy (non-hydrogen) atoms. The number of hydrogen-bond donors (Lipinski definition) is 0. The van der Waals surface area contributed by atoms with E-state index in [0.717, 1.165) is 0 Å². The van der Waals surface area contributed by atoms with Crippen LogP contribution in [0.5, 0.6) is 0 Å². The van der Waals surface area contributed by atoms with Gasteiger partial charge < -0.3 is 0 Å². The zero-order valence-corrected chi connectivity index (χ0v) is 11.5. The van der Waals surface area contributed by atoms with Crippen LogP contribution in [0.4, 0.5) is 0 Å². The van der Waals surface area contributed by atoms with Crippen molar-refractivity contribution in [1.29, 1.82) is 0 Å². The fourth-order valence-corrected chi connectivity index (χ4v) is 4.49. The molecule has 0 aromatic carbocycles. The van der Waals surface area contributed by atoms with Crippen molar-refractivity contribution in [2.75, 3.05) is 19.8 Å². The van der Waals surface area contributed by atoms with E-state index in [1.54, 1.807) is 13.8 Å². The molecule has 0 aromatic rings. The van der Waals surface area contributed by atoms with Gasteiger partial charge >= 0.3 is 96.3 Å². The summed E-state index contributed by atoms with van der Waals surface area (Å²) in [7, 11) is -3.86. The Labute approximate surface area is 97.0 Å². The molecule has 0 N–H and O–H groups in total. The molecule has 0 amide bonds. The molecule has 1 heterocycles. The molecular weight excluding hydrogens is 231 g/mol.